The van der Waals surface area contributed by atoms with Crippen molar-refractivity contribution in [3.63, 3.8) is 0 Å². The number of rotatable bonds is 3. The molecule has 1 aliphatic heterocycles. The highest BCUT2D eigenvalue weighted by atomic mass is 16.5. The predicted molar refractivity (Wildman–Crippen MR) is 73.7 cm³/mol. The van der Waals surface area contributed by atoms with Crippen LogP contribution in [0.2, 0.25) is 0 Å². The molecule has 1 unspecified atom stereocenters. The van der Waals surface area contributed by atoms with Gasteiger partial charge in [-0.2, -0.15) is 0 Å². The van der Waals surface area contributed by atoms with Crippen LogP contribution in [-0.2, 0) is 6.42 Å². The number of ether oxygens (including phenoxy) is 1. The second-order valence-electron chi connectivity index (χ2n) is 4.64. The van der Waals surface area contributed by atoms with Gasteiger partial charge in [0, 0.05) is 11.8 Å². The Bertz CT molecular complexity index is 557. The van der Waals surface area contributed by atoms with Crippen LogP contribution in [0.15, 0.2) is 42.6 Å². The standard InChI is InChI=1S/C15H17N3O/c16-18-14(13-8-1-2-9-17-13)12-7-3-5-11-6-4-10-19-15(11)12/h1-3,5,7-9,14,18H,4,6,10,16H2. The maximum atomic E-state index is 5.84. The summed E-state index contributed by atoms with van der Waals surface area (Å²) >= 11 is 0. The minimum absolute atomic E-state index is 0.144. The van der Waals surface area contributed by atoms with Crippen LogP contribution < -0.4 is 16.0 Å². The number of para-hydroxylation sites is 1. The van der Waals surface area contributed by atoms with Crippen molar-refractivity contribution in [3.05, 3.63) is 59.4 Å². The first-order valence-corrected chi connectivity index (χ1v) is 6.52. The first-order valence-electron chi connectivity index (χ1n) is 6.52. The maximum Gasteiger partial charge on any atom is 0.127 e. The number of nitrogens with one attached hydrogen (secondary N) is 1. The Hall–Kier alpha value is -1.91. The minimum atomic E-state index is -0.144. The highest BCUT2D eigenvalue weighted by Gasteiger charge is 2.22. The Morgan fingerprint density at radius 2 is 2.16 bits per heavy atom. The number of aryl methyl sites for hydroxylation is 1. The van der Waals surface area contributed by atoms with E-state index < -0.39 is 0 Å². The average Bonchev–Trinajstić information content (AvgIpc) is 2.49. The van der Waals surface area contributed by atoms with Crippen LogP contribution in [0.25, 0.3) is 0 Å². The van der Waals surface area contributed by atoms with E-state index in [1.165, 1.54) is 5.56 Å². The summed E-state index contributed by atoms with van der Waals surface area (Å²) < 4.78 is 5.84. The van der Waals surface area contributed by atoms with Gasteiger partial charge in [0.15, 0.2) is 0 Å². The highest BCUT2D eigenvalue weighted by molar-refractivity contribution is 5.46. The number of hydrazine groups is 1. The van der Waals surface area contributed by atoms with Gasteiger partial charge < -0.3 is 4.74 Å². The topological polar surface area (TPSA) is 60.2 Å². The molecule has 0 aliphatic carbocycles. The Kier molecular flexibility index (Phi) is 3.44. The lowest BCUT2D eigenvalue weighted by molar-refractivity contribution is 0.283. The second kappa shape index (κ2) is 5.38. The molecular formula is C15H17N3O. The van der Waals surface area contributed by atoms with E-state index in [0.29, 0.717) is 0 Å². The van der Waals surface area contributed by atoms with Crippen molar-refractivity contribution in [3.8, 4) is 5.75 Å². The number of hydrogen-bond donors (Lipinski definition) is 2. The Balaban J connectivity index is 2.05. The van der Waals surface area contributed by atoms with E-state index >= 15 is 0 Å². The van der Waals surface area contributed by atoms with Crippen LogP contribution in [0.1, 0.15) is 29.3 Å². The number of hydrogen-bond acceptors (Lipinski definition) is 4. The summed E-state index contributed by atoms with van der Waals surface area (Å²) in [6.45, 7) is 0.767. The lowest BCUT2D eigenvalue weighted by Crippen LogP contribution is -2.30. The summed E-state index contributed by atoms with van der Waals surface area (Å²) in [5.74, 6) is 6.68. The SMILES string of the molecule is NNC(c1ccccn1)c1cccc2c1OCCC2. The number of aromatic nitrogens is 1. The molecule has 98 valence electrons. The molecule has 2 aromatic rings. The average molecular weight is 255 g/mol. The van der Waals surface area contributed by atoms with Crippen molar-refractivity contribution < 1.29 is 4.74 Å². The monoisotopic (exact) mass is 255 g/mol. The van der Waals surface area contributed by atoms with Crippen molar-refractivity contribution in [1.29, 1.82) is 0 Å². The molecule has 3 N–H and O–H groups in total. The number of benzene rings is 1. The molecule has 0 bridgehead atoms. The van der Waals surface area contributed by atoms with Crippen LogP contribution in [0, 0.1) is 0 Å². The molecule has 1 aromatic heterocycles. The van der Waals surface area contributed by atoms with Gasteiger partial charge in [-0.05, 0) is 30.5 Å². The fourth-order valence-corrected chi connectivity index (χ4v) is 2.52. The van der Waals surface area contributed by atoms with E-state index in [1.54, 1.807) is 6.20 Å². The van der Waals surface area contributed by atoms with Crippen LogP contribution >= 0.6 is 0 Å². The van der Waals surface area contributed by atoms with E-state index in [-0.39, 0.29) is 6.04 Å². The number of nitrogens with zero attached hydrogens (tertiary/aromatic N) is 1. The largest absolute Gasteiger partial charge is 0.493 e. The van der Waals surface area contributed by atoms with Gasteiger partial charge in [-0.25, -0.2) is 5.43 Å². The molecule has 0 spiro atoms. The molecule has 4 nitrogen and oxygen atoms in total. The Morgan fingerprint density at radius 3 is 2.95 bits per heavy atom. The van der Waals surface area contributed by atoms with Crippen LogP contribution in [0.5, 0.6) is 5.75 Å². The van der Waals surface area contributed by atoms with E-state index in [0.717, 1.165) is 36.5 Å². The normalized spacial score (nSPS) is 15.4. The lowest BCUT2D eigenvalue weighted by Gasteiger charge is -2.24. The molecule has 1 aliphatic rings. The van der Waals surface area contributed by atoms with E-state index in [1.807, 2.05) is 24.3 Å². The van der Waals surface area contributed by atoms with Crippen molar-refractivity contribution in [2.24, 2.45) is 5.84 Å². The Labute approximate surface area is 112 Å². The summed E-state index contributed by atoms with van der Waals surface area (Å²) in [5, 5.41) is 0. The van der Waals surface area contributed by atoms with E-state index in [9.17, 15) is 0 Å². The minimum Gasteiger partial charge on any atom is -0.493 e. The van der Waals surface area contributed by atoms with Crippen LogP contribution in [0.3, 0.4) is 0 Å². The molecule has 0 amide bonds. The third kappa shape index (κ3) is 2.32. The molecule has 0 saturated carbocycles. The molecule has 4 heteroatoms. The Morgan fingerprint density at radius 1 is 1.21 bits per heavy atom. The molecular weight excluding hydrogens is 238 g/mol. The fourth-order valence-electron chi connectivity index (χ4n) is 2.52. The summed E-state index contributed by atoms with van der Waals surface area (Å²) in [7, 11) is 0. The van der Waals surface area contributed by atoms with E-state index in [4.69, 9.17) is 10.6 Å². The zero-order valence-corrected chi connectivity index (χ0v) is 10.7. The molecule has 1 atom stereocenters. The summed E-state index contributed by atoms with van der Waals surface area (Å²) in [6.07, 6.45) is 3.90. The van der Waals surface area contributed by atoms with Crippen LogP contribution in [0.4, 0.5) is 0 Å². The first-order chi connectivity index (χ1) is 9.40. The van der Waals surface area contributed by atoms with Crippen molar-refractivity contribution >= 4 is 0 Å². The summed E-state index contributed by atoms with van der Waals surface area (Å²) in [4.78, 5) is 4.38. The van der Waals surface area contributed by atoms with Gasteiger partial charge in [0.25, 0.3) is 0 Å². The van der Waals surface area contributed by atoms with Gasteiger partial charge in [-0.3, -0.25) is 10.8 Å². The quantitative estimate of drug-likeness (QED) is 0.650. The van der Waals surface area contributed by atoms with Gasteiger partial charge in [0.05, 0.1) is 18.3 Å². The maximum absolute atomic E-state index is 5.84. The zero-order valence-electron chi connectivity index (χ0n) is 10.7. The van der Waals surface area contributed by atoms with Crippen molar-refractivity contribution in [1.82, 2.24) is 10.4 Å². The smallest absolute Gasteiger partial charge is 0.127 e. The molecule has 0 radical (unpaired) electrons. The van der Waals surface area contributed by atoms with Gasteiger partial charge in [-0.15, -0.1) is 0 Å². The highest BCUT2D eigenvalue weighted by Crippen LogP contribution is 2.34. The fraction of sp³-hybridized carbons (Fsp3) is 0.267. The zero-order chi connectivity index (χ0) is 13.1. The van der Waals surface area contributed by atoms with Crippen molar-refractivity contribution in [2.75, 3.05) is 6.61 Å². The molecule has 19 heavy (non-hydrogen) atoms. The number of pyridine rings is 1. The van der Waals surface area contributed by atoms with Gasteiger partial charge >= 0.3 is 0 Å². The lowest BCUT2D eigenvalue weighted by atomic mass is 9.96. The number of nitrogens with two attached hydrogens (primary N) is 1. The van der Waals surface area contributed by atoms with E-state index in [2.05, 4.69) is 22.5 Å². The molecule has 0 saturated heterocycles. The summed E-state index contributed by atoms with van der Waals surface area (Å²) in [5.41, 5.74) is 6.04. The number of fused-ring (bicyclic) bond motifs is 1. The van der Waals surface area contributed by atoms with Gasteiger partial charge in [0.2, 0.25) is 0 Å². The van der Waals surface area contributed by atoms with Gasteiger partial charge in [0.1, 0.15) is 5.75 Å². The second-order valence-corrected chi connectivity index (χ2v) is 4.64. The third-order valence-electron chi connectivity index (χ3n) is 3.43. The third-order valence-corrected chi connectivity index (χ3v) is 3.43. The van der Waals surface area contributed by atoms with Crippen molar-refractivity contribution in [2.45, 2.75) is 18.9 Å². The predicted octanol–water partition coefficient (Wildman–Crippen LogP) is 1.96. The molecule has 3 rings (SSSR count). The van der Waals surface area contributed by atoms with Crippen LogP contribution in [-0.4, -0.2) is 11.6 Å². The summed E-state index contributed by atoms with van der Waals surface area (Å²) in [6, 6.07) is 11.9. The molecule has 2 heterocycles. The first kappa shape index (κ1) is 12.1. The molecule has 0 fully saturated rings. The molecule has 1 aromatic carbocycles. The van der Waals surface area contributed by atoms with Gasteiger partial charge in [-0.1, -0.05) is 24.3 Å².